The molecule has 0 unspecified atom stereocenters. The molecule has 1 amide bonds. The Bertz CT molecular complexity index is 951. The van der Waals surface area contributed by atoms with Gasteiger partial charge in [-0.05, 0) is 18.2 Å². The van der Waals surface area contributed by atoms with E-state index in [1.165, 1.54) is 6.20 Å². The average molecular weight is 401 g/mol. The van der Waals surface area contributed by atoms with Crippen molar-refractivity contribution in [2.75, 3.05) is 20.3 Å². The monoisotopic (exact) mass is 400 g/mol. The summed E-state index contributed by atoms with van der Waals surface area (Å²) in [6.45, 7) is 1.70. The predicted octanol–water partition coefficient (Wildman–Crippen LogP) is 3.44. The van der Waals surface area contributed by atoms with Gasteiger partial charge < -0.3 is 19.4 Å². The number of ether oxygens (including phenoxy) is 2. The molecule has 8 heteroatoms. The van der Waals surface area contributed by atoms with Crippen molar-refractivity contribution in [1.82, 2.24) is 19.9 Å². The molecule has 0 bridgehead atoms. The van der Waals surface area contributed by atoms with E-state index in [4.69, 9.17) is 21.1 Å². The number of nitrogens with zero attached hydrogens (tertiary/aromatic N) is 3. The van der Waals surface area contributed by atoms with E-state index in [9.17, 15) is 4.79 Å². The Hall–Kier alpha value is -2.64. The summed E-state index contributed by atoms with van der Waals surface area (Å²) >= 11 is 6.30. The van der Waals surface area contributed by atoms with Crippen LogP contribution in [-0.2, 0) is 11.3 Å². The topological polar surface area (TPSA) is 80.3 Å². The average Bonchev–Trinajstić information content (AvgIpc) is 3.12. The first-order valence-corrected chi connectivity index (χ1v) is 9.57. The van der Waals surface area contributed by atoms with Crippen LogP contribution in [0.3, 0.4) is 0 Å². The summed E-state index contributed by atoms with van der Waals surface area (Å²) in [4.78, 5) is 26.3. The highest BCUT2D eigenvalue weighted by Crippen LogP contribution is 2.26. The Kier molecular flexibility index (Phi) is 5.45. The number of carbonyl (C=O) groups is 1. The maximum atomic E-state index is 12.7. The van der Waals surface area contributed by atoms with Crippen molar-refractivity contribution in [3.8, 4) is 5.88 Å². The van der Waals surface area contributed by atoms with E-state index in [1.807, 2.05) is 24.3 Å². The van der Waals surface area contributed by atoms with Crippen LogP contribution in [0, 0.1) is 0 Å². The van der Waals surface area contributed by atoms with E-state index in [0.717, 1.165) is 29.7 Å². The third kappa shape index (κ3) is 4.10. The minimum atomic E-state index is -0.188. The molecule has 3 heterocycles. The summed E-state index contributed by atoms with van der Waals surface area (Å²) in [7, 11) is 1.72. The van der Waals surface area contributed by atoms with Crippen molar-refractivity contribution in [3.05, 3.63) is 52.9 Å². The van der Waals surface area contributed by atoms with Gasteiger partial charge in [0.25, 0.3) is 5.91 Å². The van der Waals surface area contributed by atoms with Crippen LogP contribution in [0.1, 0.15) is 29.0 Å². The molecule has 1 N–H and O–H groups in total. The van der Waals surface area contributed by atoms with E-state index in [-0.39, 0.29) is 12.0 Å². The molecule has 0 saturated carbocycles. The molecule has 0 aliphatic carbocycles. The lowest BCUT2D eigenvalue weighted by Crippen LogP contribution is -2.27. The highest BCUT2D eigenvalue weighted by molar-refractivity contribution is 6.32. The fraction of sp³-hybridized carbons (Fsp3) is 0.350. The molecule has 1 saturated heterocycles. The Balaban J connectivity index is 1.43. The van der Waals surface area contributed by atoms with Gasteiger partial charge in [-0.2, -0.15) is 0 Å². The number of pyridine rings is 1. The molecule has 0 atom stereocenters. The third-order valence-electron chi connectivity index (χ3n) is 4.67. The van der Waals surface area contributed by atoms with E-state index >= 15 is 0 Å². The van der Waals surface area contributed by atoms with Crippen molar-refractivity contribution >= 4 is 28.5 Å². The Labute approximate surface area is 167 Å². The fourth-order valence-corrected chi connectivity index (χ4v) is 3.39. The van der Waals surface area contributed by atoms with Gasteiger partial charge in [0.05, 0.1) is 36.4 Å². The molecular weight excluding hydrogens is 380 g/mol. The highest BCUT2D eigenvalue weighted by Gasteiger charge is 2.20. The number of amides is 1. The molecule has 0 spiro atoms. The zero-order valence-electron chi connectivity index (χ0n) is 15.5. The van der Waals surface area contributed by atoms with E-state index in [1.54, 1.807) is 18.0 Å². The van der Waals surface area contributed by atoms with Crippen LogP contribution in [0.15, 0.2) is 36.5 Å². The van der Waals surface area contributed by atoms with E-state index in [2.05, 4.69) is 15.0 Å². The van der Waals surface area contributed by atoms with Crippen molar-refractivity contribution in [2.45, 2.75) is 25.5 Å². The number of para-hydroxylation sites is 2. The van der Waals surface area contributed by atoms with Gasteiger partial charge in [0.1, 0.15) is 17.0 Å². The molecule has 1 aliphatic heterocycles. The summed E-state index contributed by atoms with van der Waals surface area (Å²) in [5.74, 6) is 0.883. The van der Waals surface area contributed by atoms with Crippen LogP contribution >= 0.6 is 11.6 Å². The van der Waals surface area contributed by atoms with Crippen LogP contribution in [-0.4, -0.2) is 52.1 Å². The highest BCUT2D eigenvalue weighted by atomic mass is 35.5. The summed E-state index contributed by atoms with van der Waals surface area (Å²) in [6, 6.07) is 9.35. The molecule has 7 nitrogen and oxygen atoms in total. The van der Waals surface area contributed by atoms with Crippen molar-refractivity contribution in [2.24, 2.45) is 0 Å². The van der Waals surface area contributed by atoms with Crippen LogP contribution in [0.4, 0.5) is 0 Å². The van der Waals surface area contributed by atoms with Gasteiger partial charge in [-0.25, -0.2) is 9.97 Å². The van der Waals surface area contributed by atoms with Gasteiger partial charge in [0.15, 0.2) is 0 Å². The first kappa shape index (κ1) is 18.7. The predicted molar refractivity (Wildman–Crippen MR) is 106 cm³/mol. The maximum absolute atomic E-state index is 12.7. The third-order valence-corrected chi connectivity index (χ3v) is 4.94. The normalized spacial score (nSPS) is 14.9. The Morgan fingerprint density at radius 3 is 2.89 bits per heavy atom. The Morgan fingerprint density at radius 2 is 2.14 bits per heavy atom. The molecule has 1 aliphatic rings. The van der Waals surface area contributed by atoms with Gasteiger partial charge in [0, 0.05) is 26.1 Å². The van der Waals surface area contributed by atoms with Gasteiger partial charge in [-0.1, -0.05) is 23.7 Å². The second kappa shape index (κ2) is 8.16. The second-order valence-electron chi connectivity index (χ2n) is 6.80. The molecule has 4 rings (SSSR count). The lowest BCUT2D eigenvalue weighted by molar-refractivity contribution is 0.0238. The first-order valence-electron chi connectivity index (χ1n) is 9.19. The second-order valence-corrected chi connectivity index (χ2v) is 7.21. The van der Waals surface area contributed by atoms with Crippen LogP contribution in [0.5, 0.6) is 5.88 Å². The quantitative estimate of drug-likeness (QED) is 0.709. The molecule has 1 fully saturated rings. The lowest BCUT2D eigenvalue weighted by Gasteiger charge is -2.23. The first-order chi connectivity index (χ1) is 13.6. The molecule has 28 heavy (non-hydrogen) atoms. The summed E-state index contributed by atoms with van der Waals surface area (Å²) in [6.07, 6.45) is 3.15. The maximum Gasteiger partial charge on any atom is 0.255 e. The number of nitrogens with one attached hydrogen (secondary N) is 1. The van der Waals surface area contributed by atoms with Gasteiger partial charge in [-0.15, -0.1) is 0 Å². The summed E-state index contributed by atoms with van der Waals surface area (Å²) in [5.41, 5.74) is 2.22. The van der Waals surface area contributed by atoms with Crippen LogP contribution in [0.2, 0.25) is 5.02 Å². The molecule has 3 aromatic rings. The van der Waals surface area contributed by atoms with Gasteiger partial charge in [0.2, 0.25) is 5.88 Å². The number of rotatable bonds is 5. The summed E-state index contributed by atoms with van der Waals surface area (Å²) in [5, 5.41) is 0.328. The summed E-state index contributed by atoms with van der Waals surface area (Å²) < 4.78 is 11.2. The lowest BCUT2D eigenvalue weighted by atomic mass is 10.1. The van der Waals surface area contributed by atoms with Gasteiger partial charge in [-0.3, -0.25) is 4.79 Å². The zero-order valence-corrected chi connectivity index (χ0v) is 16.3. The number of imidazole rings is 1. The number of H-pyrrole nitrogens is 1. The number of fused-ring (bicyclic) bond motifs is 1. The van der Waals surface area contributed by atoms with Crippen molar-refractivity contribution < 1.29 is 14.3 Å². The van der Waals surface area contributed by atoms with Crippen LogP contribution < -0.4 is 4.74 Å². The van der Waals surface area contributed by atoms with Crippen molar-refractivity contribution in [1.29, 1.82) is 0 Å². The molecule has 2 aromatic heterocycles. The standard InChI is InChI=1S/C20H21ClN4O3/c1-25(12-18-23-16-4-2-3-5-17(16)24-18)20(26)13-10-15(21)19(22-11-13)28-14-6-8-27-9-7-14/h2-5,10-11,14H,6-9,12H2,1H3,(H,23,24). The zero-order chi connectivity index (χ0) is 19.5. The number of aromatic amines is 1. The van der Waals surface area contributed by atoms with E-state index < -0.39 is 0 Å². The van der Waals surface area contributed by atoms with Crippen LogP contribution in [0.25, 0.3) is 11.0 Å². The number of hydrogen-bond donors (Lipinski definition) is 1. The SMILES string of the molecule is CN(Cc1nc2ccccc2[nH]1)C(=O)c1cnc(OC2CCOCC2)c(Cl)c1. The van der Waals surface area contributed by atoms with E-state index in [0.29, 0.717) is 36.2 Å². The smallest absolute Gasteiger partial charge is 0.255 e. The Morgan fingerprint density at radius 1 is 1.36 bits per heavy atom. The molecular formula is C20H21ClN4O3. The number of hydrogen-bond acceptors (Lipinski definition) is 5. The molecule has 0 radical (unpaired) electrons. The minimum absolute atomic E-state index is 0.0380. The van der Waals surface area contributed by atoms with Gasteiger partial charge >= 0.3 is 0 Å². The van der Waals surface area contributed by atoms with Crippen molar-refractivity contribution in [3.63, 3.8) is 0 Å². The molecule has 1 aromatic carbocycles. The number of benzene rings is 1. The molecule has 146 valence electrons. The minimum Gasteiger partial charge on any atom is -0.473 e. The fourth-order valence-electron chi connectivity index (χ4n) is 3.18. The number of halogens is 1. The number of aromatic nitrogens is 3. The number of carbonyl (C=O) groups excluding carboxylic acids is 1. The largest absolute Gasteiger partial charge is 0.473 e.